The summed E-state index contributed by atoms with van der Waals surface area (Å²) in [6.07, 6.45) is 4.83. The molecule has 0 saturated heterocycles. The fourth-order valence-corrected chi connectivity index (χ4v) is 1.88. The van der Waals surface area contributed by atoms with E-state index in [0.717, 1.165) is 30.0 Å². The van der Waals surface area contributed by atoms with E-state index < -0.39 is 0 Å². The zero-order valence-electron chi connectivity index (χ0n) is 10.7. The van der Waals surface area contributed by atoms with Gasteiger partial charge in [-0.3, -0.25) is 0 Å². The summed E-state index contributed by atoms with van der Waals surface area (Å²) in [6, 6.07) is 7.63. The van der Waals surface area contributed by atoms with Crippen LogP contribution >= 0.6 is 0 Å². The summed E-state index contributed by atoms with van der Waals surface area (Å²) in [6.45, 7) is 3.07. The number of tetrazole rings is 1. The van der Waals surface area contributed by atoms with E-state index in [-0.39, 0.29) is 0 Å². The van der Waals surface area contributed by atoms with E-state index in [1.54, 1.807) is 0 Å². The molecule has 96 valence electrons. The Morgan fingerprint density at radius 3 is 2.61 bits per heavy atom. The van der Waals surface area contributed by atoms with E-state index in [4.69, 9.17) is 5.73 Å². The van der Waals surface area contributed by atoms with Crippen LogP contribution in [0.25, 0.3) is 11.4 Å². The highest BCUT2D eigenvalue weighted by atomic mass is 15.5. The van der Waals surface area contributed by atoms with E-state index in [0.29, 0.717) is 0 Å². The molecular weight excluding hydrogens is 226 g/mol. The van der Waals surface area contributed by atoms with E-state index in [9.17, 15) is 0 Å². The number of hydrogen-bond donors (Lipinski definition) is 1. The summed E-state index contributed by atoms with van der Waals surface area (Å²) in [5.74, 6) is 0.812. The molecular formula is C13H19N5. The van der Waals surface area contributed by atoms with Gasteiger partial charge in [-0.05, 0) is 41.1 Å². The van der Waals surface area contributed by atoms with Crippen molar-refractivity contribution in [3.8, 4) is 11.4 Å². The first-order valence-corrected chi connectivity index (χ1v) is 6.43. The average molecular weight is 245 g/mol. The minimum atomic E-state index is 0.751. The number of unbranched alkanes of at least 4 members (excludes halogenated alkanes) is 3. The summed E-state index contributed by atoms with van der Waals surface area (Å²) < 4.78 is 1.86. The molecule has 2 aromatic rings. The molecule has 2 rings (SSSR count). The van der Waals surface area contributed by atoms with E-state index >= 15 is 0 Å². The first-order valence-electron chi connectivity index (χ1n) is 6.43. The maximum absolute atomic E-state index is 5.67. The quantitative estimate of drug-likeness (QED) is 0.627. The van der Waals surface area contributed by atoms with Crippen LogP contribution in [-0.2, 0) is 6.54 Å². The topological polar surface area (TPSA) is 69.6 Å². The van der Waals surface area contributed by atoms with Crippen molar-refractivity contribution in [3.05, 3.63) is 24.3 Å². The van der Waals surface area contributed by atoms with Crippen LogP contribution in [0.4, 0.5) is 5.69 Å². The zero-order chi connectivity index (χ0) is 12.8. The van der Waals surface area contributed by atoms with Crippen molar-refractivity contribution < 1.29 is 0 Å². The first kappa shape index (κ1) is 12.5. The van der Waals surface area contributed by atoms with Crippen molar-refractivity contribution in [1.82, 2.24) is 20.2 Å². The monoisotopic (exact) mass is 245 g/mol. The highest BCUT2D eigenvalue weighted by Crippen LogP contribution is 2.17. The van der Waals surface area contributed by atoms with Gasteiger partial charge in [0.1, 0.15) is 0 Å². The molecule has 18 heavy (non-hydrogen) atoms. The van der Waals surface area contributed by atoms with Gasteiger partial charge < -0.3 is 5.73 Å². The van der Waals surface area contributed by atoms with Gasteiger partial charge in [0.15, 0.2) is 5.82 Å². The van der Waals surface area contributed by atoms with E-state index in [1.807, 2.05) is 28.9 Å². The van der Waals surface area contributed by atoms with Gasteiger partial charge in [-0.1, -0.05) is 26.2 Å². The lowest BCUT2D eigenvalue weighted by atomic mass is 10.2. The minimum Gasteiger partial charge on any atom is -0.399 e. The lowest BCUT2D eigenvalue weighted by molar-refractivity contribution is 0.531. The number of rotatable bonds is 6. The maximum Gasteiger partial charge on any atom is 0.182 e. The van der Waals surface area contributed by atoms with Crippen LogP contribution < -0.4 is 5.73 Å². The van der Waals surface area contributed by atoms with Gasteiger partial charge >= 0.3 is 0 Å². The average Bonchev–Trinajstić information content (AvgIpc) is 2.84. The van der Waals surface area contributed by atoms with Crippen molar-refractivity contribution in [3.63, 3.8) is 0 Å². The molecule has 0 aliphatic rings. The second-order valence-corrected chi connectivity index (χ2v) is 4.41. The molecule has 5 nitrogen and oxygen atoms in total. The third kappa shape index (κ3) is 3.06. The summed E-state index contributed by atoms with van der Waals surface area (Å²) in [5.41, 5.74) is 7.43. The number of nitrogens with zero attached hydrogens (tertiary/aromatic N) is 4. The van der Waals surface area contributed by atoms with Crippen LogP contribution in [-0.4, -0.2) is 20.2 Å². The largest absolute Gasteiger partial charge is 0.399 e. The van der Waals surface area contributed by atoms with Gasteiger partial charge in [0, 0.05) is 17.8 Å². The summed E-state index contributed by atoms with van der Waals surface area (Å²) >= 11 is 0. The number of benzene rings is 1. The summed E-state index contributed by atoms with van der Waals surface area (Å²) in [7, 11) is 0. The first-order chi connectivity index (χ1) is 8.81. The second kappa shape index (κ2) is 6.14. The SMILES string of the molecule is CCCCCCn1nnnc1-c1ccc(N)cc1. The highest BCUT2D eigenvalue weighted by molar-refractivity contribution is 5.58. The summed E-state index contributed by atoms with van der Waals surface area (Å²) in [5, 5.41) is 11.9. The Morgan fingerprint density at radius 1 is 1.11 bits per heavy atom. The van der Waals surface area contributed by atoms with Gasteiger partial charge in [0.25, 0.3) is 0 Å². The summed E-state index contributed by atoms with van der Waals surface area (Å²) in [4.78, 5) is 0. The number of nitrogen functional groups attached to an aromatic ring is 1. The molecule has 1 heterocycles. The Kier molecular flexibility index (Phi) is 4.28. The lowest BCUT2D eigenvalue weighted by Crippen LogP contribution is -2.03. The molecule has 0 unspecified atom stereocenters. The third-order valence-electron chi connectivity index (χ3n) is 2.92. The standard InChI is InChI=1S/C13H19N5/c1-2-3-4-5-10-18-13(15-16-17-18)11-6-8-12(14)9-7-11/h6-9H,2-5,10,14H2,1H3. The van der Waals surface area contributed by atoms with Crippen molar-refractivity contribution in [1.29, 1.82) is 0 Å². The van der Waals surface area contributed by atoms with E-state index in [1.165, 1.54) is 19.3 Å². The molecule has 0 fully saturated rings. The molecule has 1 aromatic heterocycles. The normalized spacial score (nSPS) is 10.7. The van der Waals surface area contributed by atoms with Crippen molar-refractivity contribution >= 4 is 5.69 Å². The Hall–Kier alpha value is -1.91. The Labute approximate surface area is 107 Å². The van der Waals surface area contributed by atoms with Gasteiger partial charge in [-0.25, -0.2) is 4.68 Å². The number of aromatic nitrogens is 4. The molecule has 5 heteroatoms. The zero-order valence-corrected chi connectivity index (χ0v) is 10.7. The van der Waals surface area contributed by atoms with Crippen LogP contribution in [0.1, 0.15) is 32.6 Å². The van der Waals surface area contributed by atoms with Crippen molar-refractivity contribution in [2.24, 2.45) is 0 Å². The molecule has 0 radical (unpaired) electrons. The number of anilines is 1. The van der Waals surface area contributed by atoms with Gasteiger partial charge in [0.2, 0.25) is 0 Å². The molecule has 0 aliphatic heterocycles. The fourth-order valence-electron chi connectivity index (χ4n) is 1.88. The minimum absolute atomic E-state index is 0.751. The molecule has 2 N–H and O–H groups in total. The Morgan fingerprint density at radius 2 is 1.89 bits per heavy atom. The Balaban J connectivity index is 2.05. The molecule has 0 saturated carbocycles. The van der Waals surface area contributed by atoms with Crippen LogP contribution in [0.2, 0.25) is 0 Å². The number of nitrogens with two attached hydrogens (primary N) is 1. The van der Waals surface area contributed by atoms with Crippen LogP contribution in [0.3, 0.4) is 0 Å². The predicted octanol–water partition coefficient (Wildman–Crippen LogP) is 2.50. The third-order valence-corrected chi connectivity index (χ3v) is 2.92. The molecule has 0 aliphatic carbocycles. The van der Waals surface area contributed by atoms with Crippen LogP contribution in [0.5, 0.6) is 0 Å². The van der Waals surface area contributed by atoms with Gasteiger partial charge in [0.05, 0.1) is 0 Å². The molecule has 0 bridgehead atoms. The lowest BCUT2D eigenvalue weighted by Gasteiger charge is -2.04. The van der Waals surface area contributed by atoms with E-state index in [2.05, 4.69) is 22.4 Å². The van der Waals surface area contributed by atoms with Crippen molar-refractivity contribution in [2.45, 2.75) is 39.2 Å². The molecule has 0 spiro atoms. The molecule has 1 aromatic carbocycles. The van der Waals surface area contributed by atoms with Crippen LogP contribution in [0.15, 0.2) is 24.3 Å². The maximum atomic E-state index is 5.67. The molecule has 0 amide bonds. The smallest absolute Gasteiger partial charge is 0.182 e. The number of hydrogen-bond acceptors (Lipinski definition) is 4. The van der Waals surface area contributed by atoms with Crippen LogP contribution in [0, 0.1) is 0 Å². The highest BCUT2D eigenvalue weighted by Gasteiger charge is 2.07. The second-order valence-electron chi connectivity index (χ2n) is 4.41. The van der Waals surface area contributed by atoms with Crippen molar-refractivity contribution in [2.75, 3.05) is 5.73 Å². The number of aryl methyl sites for hydroxylation is 1. The molecule has 0 atom stereocenters. The predicted molar refractivity (Wildman–Crippen MR) is 71.8 cm³/mol. The Bertz CT molecular complexity index is 474. The van der Waals surface area contributed by atoms with Gasteiger partial charge in [-0.15, -0.1) is 5.10 Å². The van der Waals surface area contributed by atoms with Gasteiger partial charge in [-0.2, -0.15) is 0 Å². The fraction of sp³-hybridized carbons (Fsp3) is 0.462.